The first-order valence-corrected chi connectivity index (χ1v) is 6.76. The number of nitrogens with zero attached hydrogens (tertiary/aromatic N) is 1. The summed E-state index contributed by atoms with van der Waals surface area (Å²) in [4.78, 5) is 0. The number of anilines is 1. The topological polar surface area (TPSA) is 24.4 Å². The lowest BCUT2D eigenvalue weighted by Gasteiger charge is -2.02. The Morgan fingerprint density at radius 1 is 0.789 bits per heavy atom. The Hall–Kier alpha value is -0.930. The van der Waals surface area contributed by atoms with Crippen LogP contribution >= 0.6 is 46.4 Å². The highest BCUT2D eigenvalue weighted by Gasteiger charge is 1.99. The first kappa shape index (κ1) is 14.5. The van der Waals surface area contributed by atoms with Crippen molar-refractivity contribution >= 4 is 58.3 Å². The van der Waals surface area contributed by atoms with Gasteiger partial charge in [0.1, 0.15) is 0 Å². The van der Waals surface area contributed by atoms with E-state index in [1.807, 2.05) is 6.07 Å². The zero-order chi connectivity index (χ0) is 13.8. The van der Waals surface area contributed by atoms with Crippen molar-refractivity contribution in [2.75, 3.05) is 5.43 Å². The lowest BCUT2D eigenvalue weighted by atomic mass is 10.2. The molecule has 0 fully saturated rings. The third-order valence-corrected chi connectivity index (χ3v) is 3.75. The van der Waals surface area contributed by atoms with E-state index in [1.54, 1.807) is 36.5 Å². The van der Waals surface area contributed by atoms with Gasteiger partial charge in [-0.25, -0.2) is 0 Å². The molecule has 19 heavy (non-hydrogen) atoms. The van der Waals surface area contributed by atoms with Crippen molar-refractivity contribution in [3.63, 3.8) is 0 Å². The van der Waals surface area contributed by atoms with Gasteiger partial charge in [-0.1, -0.05) is 52.5 Å². The highest BCUT2D eigenvalue weighted by atomic mass is 35.5. The maximum absolute atomic E-state index is 5.90. The van der Waals surface area contributed by atoms with Crippen molar-refractivity contribution in [2.24, 2.45) is 5.10 Å². The molecule has 6 heteroatoms. The van der Waals surface area contributed by atoms with Crippen LogP contribution in [0.5, 0.6) is 0 Å². The molecule has 0 aliphatic rings. The SMILES string of the molecule is Clc1ccc(C=NNc2ccc(Cl)c(Cl)c2)cc1Cl. The molecule has 0 aliphatic carbocycles. The maximum Gasteiger partial charge on any atom is 0.0613 e. The molecule has 0 saturated carbocycles. The van der Waals surface area contributed by atoms with E-state index in [9.17, 15) is 0 Å². The van der Waals surface area contributed by atoms with Gasteiger partial charge in [0, 0.05) is 0 Å². The summed E-state index contributed by atoms with van der Waals surface area (Å²) >= 11 is 23.4. The Morgan fingerprint density at radius 3 is 2.05 bits per heavy atom. The summed E-state index contributed by atoms with van der Waals surface area (Å²) in [5.41, 5.74) is 4.42. The molecule has 0 atom stereocenters. The molecule has 0 unspecified atom stereocenters. The highest BCUT2D eigenvalue weighted by Crippen LogP contribution is 2.25. The molecule has 0 aromatic heterocycles. The second kappa shape index (κ2) is 6.49. The van der Waals surface area contributed by atoms with Crippen LogP contribution < -0.4 is 5.43 Å². The molecule has 2 nitrogen and oxygen atoms in total. The first-order chi connectivity index (χ1) is 9.06. The number of hydrogen-bond donors (Lipinski definition) is 1. The zero-order valence-corrected chi connectivity index (χ0v) is 12.5. The van der Waals surface area contributed by atoms with Crippen LogP contribution in [-0.2, 0) is 0 Å². The van der Waals surface area contributed by atoms with Gasteiger partial charge in [-0.2, -0.15) is 5.10 Å². The molecule has 0 radical (unpaired) electrons. The van der Waals surface area contributed by atoms with E-state index >= 15 is 0 Å². The van der Waals surface area contributed by atoms with Crippen LogP contribution in [0.1, 0.15) is 5.56 Å². The summed E-state index contributed by atoms with van der Waals surface area (Å²) < 4.78 is 0. The van der Waals surface area contributed by atoms with Gasteiger partial charge in [-0.05, 0) is 35.9 Å². The fourth-order valence-electron chi connectivity index (χ4n) is 1.34. The number of nitrogens with one attached hydrogen (secondary N) is 1. The summed E-state index contributed by atoms with van der Waals surface area (Å²) in [5.74, 6) is 0. The Kier molecular flexibility index (Phi) is 4.94. The number of hydrazone groups is 1. The molecule has 0 bridgehead atoms. The largest absolute Gasteiger partial charge is 0.278 e. The zero-order valence-electron chi connectivity index (χ0n) is 9.50. The lowest BCUT2D eigenvalue weighted by Crippen LogP contribution is -1.90. The average Bonchev–Trinajstić information content (AvgIpc) is 2.38. The molecular weight excluding hydrogens is 326 g/mol. The molecule has 0 saturated heterocycles. The Bertz CT molecular complexity index is 626. The fraction of sp³-hybridized carbons (Fsp3) is 0. The molecule has 0 aliphatic heterocycles. The molecule has 1 N–H and O–H groups in total. The quantitative estimate of drug-likeness (QED) is 0.561. The standard InChI is InChI=1S/C13H8Cl4N2/c14-10-3-1-8(5-12(10)16)7-18-19-9-2-4-11(15)13(17)6-9/h1-7,19H. The fourth-order valence-corrected chi connectivity index (χ4v) is 1.94. The molecule has 0 amide bonds. The second-order valence-corrected chi connectivity index (χ2v) is 5.30. The first-order valence-electron chi connectivity index (χ1n) is 5.25. The highest BCUT2D eigenvalue weighted by molar-refractivity contribution is 6.42. The van der Waals surface area contributed by atoms with Gasteiger partial charge >= 0.3 is 0 Å². The van der Waals surface area contributed by atoms with Crippen LogP contribution in [0.3, 0.4) is 0 Å². The second-order valence-electron chi connectivity index (χ2n) is 3.67. The van der Waals surface area contributed by atoms with Crippen molar-refractivity contribution in [2.45, 2.75) is 0 Å². The predicted molar refractivity (Wildman–Crippen MR) is 84.1 cm³/mol. The average molecular weight is 334 g/mol. The van der Waals surface area contributed by atoms with Crippen molar-refractivity contribution in [3.05, 3.63) is 62.1 Å². The summed E-state index contributed by atoms with van der Waals surface area (Å²) in [6, 6.07) is 10.4. The molecule has 98 valence electrons. The van der Waals surface area contributed by atoms with E-state index in [0.29, 0.717) is 20.1 Å². The van der Waals surface area contributed by atoms with Crippen molar-refractivity contribution in [1.29, 1.82) is 0 Å². The van der Waals surface area contributed by atoms with Gasteiger partial charge in [0.2, 0.25) is 0 Å². The summed E-state index contributed by atoms with van der Waals surface area (Å²) in [6.07, 6.45) is 1.63. The van der Waals surface area contributed by atoms with Crippen molar-refractivity contribution < 1.29 is 0 Å². The molecule has 0 heterocycles. The Balaban J connectivity index is 2.06. The lowest BCUT2D eigenvalue weighted by molar-refractivity contribution is 1.35. The molecule has 2 rings (SSSR count). The number of benzene rings is 2. The number of halogens is 4. The smallest absolute Gasteiger partial charge is 0.0613 e. The van der Waals surface area contributed by atoms with E-state index in [1.165, 1.54) is 0 Å². The minimum atomic E-state index is 0.469. The third-order valence-electron chi connectivity index (χ3n) is 2.27. The molecular formula is C13H8Cl4N2. The van der Waals surface area contributed by atoms with Crippen LogP contribution in [0, 0.1) is 0 Å². The van der Waals surface area contributed by atoms with Gasteiger partial charge in [0.05, 0.1) is 32.0 Å². The normalized spacial score (nSPS) is 10.9. The van der Waals surface area contributed by atoms with E-state index in [-0.39, 0.29) is 0 Å². The number of rotatable bonds is 3. The van der Waals surface area contributed by atoms with Crippen molar-refractivity contribution in [3.8, 4) is 0 Å². The van der Waals surface area contributed by atoms with Crippen LogP contribution in [0.4, 0.5) is 5.69 Å². The van der Waals surface area contributed by atoms with Crippen LogP contribution in [0.15, 0.2) is 41.5 Å². The van der Waals surface area contributed by atoms with Gasteiger partial charge in [-0.15, -0.1) is 0 Å². The van der Waals surface area contributed by atoms with Gasteiger partial charge in [-0.3, -0.25) is 5.43 Å². The van der Waals surface area contributed by atoms with Gasteiger partial charge in [0.25, 0.3) is 0 Å². The molecule has 0 spiro atoms. The van der Waals surface area contributed by atoms with Crippen molar-refractivity contribution in [1.82, 2.24) is 0 Å². The van der Waals surface area contributed by atoms with E-state index in [4.69, 9.17) is 46.4 Å². The van der Waals surface area contributed by atoms with Gasteiger partial charge < -0.3 is 0 Å². The monoisotopic (exact) mass is 332 g/mol. The Labute approximate surface area is 130 Å². The van der Waals surface area contributed by atoms with Crippen LogP contribution in [0.2, 0.25) is 20.1 Å². The van der Waals surface area contributed by atoms with E-state index < -0.39 is 0 Å². The minimum absolute atomic E-state index is 0.469. The number of hydrogen-bond acceptors (Lipinski definition) is 2. The molecule has 2 aromatic rings. The summed E-state index contributed by atoms with van der Waals surface area (Å²) in [7, 11) is 0. The Morgan fingerprint density at radius 2 is 1.42 bits per heavy atom. The maximum atomic E-state index is 5.90. The predicted octanol–water partition coefficient (Wildman–Crippen LogP) is 5.75. The minimum Gasteiger partial charge on any atom is -0.278 e. The third kappa shape index (κ3) is 4.02. The summed E-state index contributed by atoms with van der Waals surface area (Å²) in [5, 5.41) is 6.04. The van der Waals surface area contributed by atoms with Crippen LogP contribution in [0.25, 0.3) is 0 Å². The van der Waals surface area contributed by atoms with E-state index in [2.05, 4.69) is 10.5 Å². The summed E-state index contributed by atoms with van der Waals surface area (Å²) in [6.45, 7) is 0. The van der Waals surface area contributed by atoms with Gasteiger partial charge in [0.15, 0.2) is 0 Å². The van der Waals surface area contributed by atoms with E-state index in [0.717, 1.165) is 11.3 Å². The van der Waals surface area contributed by atoms with Crippen LogP contribution in [-0.4, -0.2) is 6.21 Å². The molecule has 2 aromatic carbocycles.